The fourth-order valence-corrected chi connectivity index (χ4v) is 4.34. The van der Waals surface area contributed by atoms with Gasteiger partial charge in [-0.2, -0.15) is 21.6 Å². The summed E-state index contributed by atoms with van der Waals surface area (Å²) in [7, 11) is -4.44. The zero-order valence-corrected chi connectivity index (χ0v) is 16.3. The molecule has 152 valence electrons. The number of aromatic nitrogens is 2. The summed E-state index contributed by atoms with van der Waals surface area (Å²) >= 11 is 0.515. The molecule has 0 atom stereocenters. The molecule has 0 aliphatic rings. The van der Waals surface area contributed by atoms with Crippen LogP contribution in [0.2, 0.25) is 0 Å². The van der Waals surface area contributed by atoms with E-state index in [-0.39, 0.29) is 5.13 Å². The zero-order valence-electron chi connectivity index (χ0n) is 14.7. The number of amides is 1. The van der Waals surface area contributed by atoms with E-state index in [1.54, 1.807) is 31.2 Å². The molecule has 0 aliphatic heterocycles. The molecule has 7 nitrogen and oxygen atoms in total. The Morgan fingerprint density at radius 3 is 2.38 bits per heavy atom. The van der Waals surface area contributed by atoms with Crippen molar-refractivity contribution in [3.63, 3.8) is 0 Å². The standard InChI is InChI=1S/C17H13F3N4O3S2/c1-10-6-2-3-7-11(10)14(25)21-15-22-23-16(28-15)29(26,27)24-13-9-5-4-8-12(13)17(18,19)20/h2-9,24H,1H3,(H,21,22,25). The number of alkyl halides is 3. The van der Waals surface area contributed by atoms with Gasteiger partial charge in [-0.1, -0.05) is 41.7 Å². The van der Waals surface area contributed by atoms with Crippen LogP contribution >= 0.6 is 11.3 Å². The van der Waals surface area contributed by atoms with E-state index in [4.69, 9.17) is 0 Å². The number of hydrogen-bond donors (Lipinski definition) is 2. The normalized spacial score (nSPS) is 11.9. The molecule has 0 bridgehead atoms. The smallest absolute Gasteiger partial charge is 0.296 e. The molecular formula is C17H13F3N4O3S2. The molecule has 3 aromatic rings. The summed E-state index contributed by atoms with van der Waals surface area (Å²) in [6, 6.07) is 10.9. The largest absolute Gasteiger partial charge is 0.418 e. The van der Waals surface area contributed by atoms with Gasteiger partial charge in [-0.15, -0.1) is 10.2 Å². The first kappa shape index (κ1) is 20.7. The van der Waals surface area contributed by atoms with Gasteiger partial charge in [-0.05, 0) is 30.7 Å². The van der Waals surface area contributed by atoms with Crippen LogP contribution in [-0.2, 0) is 16.2 Å². The highest BCUT2D eigenvalue weighted by atomic mass is 32.2. The second-order valence-corrected chi connectivity index (χ2v) is 8.62. The molecule has 1 amide bonds. The lowest BCUT2D eigenvalue weighted by Crippen LogP contribution is -2.17. The molecule has 1 aromatic heterocycles. The monoisotopic (exact) mass is 442 g/mol. The van der Waals surface area contributed by atoms with E-state index in [0.717, 1.165) is 18.2 Å². The molecule has 1 heterocycles. The molecule has 0 aliphatic carbocycles. The number of anilines is 2. The molecule has 29 heavy (non-hydrogen) atoms. The van der Waals surface area contributed by atoms with E-state index in [1.165, 1.54) is 6.07 Å². The fraction of sp³-hybridized carbons (Fsp3) is 0.118. The van der Waals surface area contributed by atoms with E-state index in [9.17, 15) is 26.4 Å². The minimum atomic E-state index is -4.74. The predicted octanol–water partition coefficient (Wildman–Crippen LogP) is 3.92. The average Bonchev–Trinajstić information content (AvgIpc) is 3.11. The number of carbonyl (C=O) groups is 1. The van der Waals surface area contributed by atoms with Gasteiger partial charge < -0.3 is 0 Å². The third-order valence-corrected chi connectivity index (χ3v) is 6.29. The lowest BCUT2D eigenvalue weighted by atomic mass is 10.1. The Morgan fingerprint density at radius 1 is 1.03 bits per heavy atom. The average molecular weight is 442 g/mol. The van der Waals surface area contributed by atoms with Crippen LogP contribution in [0.4, 0.5) is 24.0 Å². The molecule has 0 radical (unpaired) electrons. The molecule has 0 spiro atoms. The van der Waals surface area contributed by atoms with Crippen molar-refractivity contribution in [1.82, 2.24) is 10.2 Å². The third-order valence-electron chi connectivity index (χ3n) is 3.72. The lowest BCUT2D eigenvalue weighted by molar-refractivity contribution is -0.136. The minimum absolute atomic E-state index is 0.109. The van der Waals surface area contributed by atoms with Crippen LogP contribution in [0.5, 0.6) is 0 Å². The van der Waals surface area contributed by atoms with Gasteiger partial charge in [0, 0.05) is 5.56 Å². The molecule has 0 saturated heterocycles. The van der Waals surface area contributed by atoms with Crippen LogP contribution in [0.3, 0.4) is 0 Å². The molecular weight excluding hydrogens is 429 g/mol. The highest BCUT2D eigenvalue weighted by molar-refractivity contribution is 7.94. The van der Waals surface area contributed by atoms with Crippen molar-refractivity contribution in [2.24, 2.45) is 0 Å². The number of aryl methyl sites for hydroxylation is 1. The molecule has 2 N–H and O–H groups in total. The van der Waals surface area contributed by atoms with Crippen LogP contribution in [0.15, 0.2) is 52.9 Å². The Kier molecular flexibility index (Phi) is 5.57. The van der Waals surface area contributed by atoms with Gasteiger partial charge in [0.05, 0.1) is 11.3 Å². The van der Waals surface area contributed by atoms with E-state index in [0.29, 0.717) is 22.5 Å². The maximum absolute atomic E-state index is 13.1. The summed E-state index contributed by atoms with van der Waals surface area (Å²) < 4.78 is 65.3. The van der Waals surface area contributed by atoms with Gasteiger partial charge in [-0.25, -0.2) is 0 Å². The number of para-hydroxylation sites is 1. The summed E-state index contributed by atoms with van der Waals surface area (Å²) in [6.07, 6.45) is -4.74. The predicted molar refractivity (Wildman–Crippen MR) is 101 cm³/mol. The van der Waals surface area contributed by atoms with Gasteiger partial charge in [0.25, 0.3) is 20.3 Å². The summed E-state index contributed by atoms with van der Waals surface area (Å²) in [4.78, 5) is 12.3. The van der Waals surface area contributed by atoms with Gasteiger partial charge in [0.1, 0.15) is 0 Å². The van der Waals surface area contributed by atoms with E-state index in [1.807, 2.05) is 4.72 Å². The first-order valence-electron chi connectivity index (χ1n) is 7.97. The topological polar surface area (TPSA) is 101 Å². The van der Waals surface area contributed by atoms with Gasteiger partial charge in [0.2, 0.25) is 5.13 Å². The van der Waals surface area contributed by atoms with Crippen molar-refractivity contribution in [1.29, 1.82) is 0 Å². The van der Waals surface area contributed by atoms with E-state index in [2.05, 4.69) is 15.5 Å². The first-order chi connectivity index (χ1) is 13.6. The van der Waals surface area contributed by atoms with Gasteiger partial charge in [0.15, 0.2) is 0 Å². The summed E-state index contributed by atoms with van der Waals surface area (Å²) in [5.74, 6) is -0.515. The number of nitrogens with zero attached hydrogens (tertiary/aromatic N) is 2. The SMILES string of the molecule is Cc1ccccc1C(=O)Nc1nnc(S(=O)(=O)Nc2ccccc2C(F)(F)F)s1. The van der Waals surface area contributed by atoms with Crippen LogP contribution in [0.25, 0.3) is 0 Å². The van der Waals surface area contributed by atoms with Crippen LogP contribution < -0.4 is 10.0 Å². The Balaban J connectivity index is 1.81. The molecule has 2 aromatic carbocycles. The number of hydrogen-bond acceptors (Lipinski definition) is 6. The van der Waals surface area contributed by atoms with E-state index >= 15 is 0 Å². The minimum Gasteiger partial charge on any atom is -0.296 e. The van der Waals surface area contributed by atoms with Crippen molar-refractivity contribution < 1.29 is 26.4 Å². The maximum Gasteiger partial charge on any atom is 0.418 e. The van der Waals surface area contributed by atoms with E-state index < -0.39 is 37.7 Å². The Bertz CT molecular complexity index is 1160. The first-order valence-corrected chi connectivity index (χ1v) is 10.3. The van der Waals surface area contributed by atoms with Crippen LogP contribution in [-0.4, -0.2) is 24.5 Å². The quantitative estimate of drug-likeness (QED) is 0.584. The molecule has 0 saturated carbocycles. The number of rotatable bonds is 5. The lowest BCUT2D eigenvalue weighted by Gasteiger charge is -2.13. The Labute approximate surface area is 167 Å². The second kappa shape index (κ2) is 7.79. The number of nitrogens with one attached hydrogen (secondary N) is 2. The Morgan fingerprint density at radius 2 is 1.69 bits per heavy atom. The van der Waals surface area contributed by atoms with Crippen molar-refractivity contribution in [3.05, 3.63) is 65.2 Å². The number of carbonyl (C=O) groups excluding carboxylic acids is 1. The second-order valence-electron chi connectivity index (χ2n) is 5.79. The Hall–Kier alpha value is -2.99. The van der Waals surface area contributed by atoms with Crippen LogP contribution in [0.1, 0.15) is 21.5 Å². The summed E-state index contributed by atoms with van der Waals surface area (Å²) in [5, 5.41) is 9.37. The number of benzene rings is 2. The summed E-state index contributed by atoms with van der Waals surface area (Å²) in [5.41, 5.74) is -0.709. The number of sulfonamides is 1. The van der Waals surface area contributed by atoms with Crippen molar-refractivity contribution in [2.75, 3.05) is 10.0 Å². The number of halogens is 3. The highest BCUT2D eigenvalue weighted by Crippen LogP contribution is 2.35. The van der Waals surface area contributed by atoms with Crippen molar-refractivity contribution in [2.45, 2.75) is 17.4 Å². The fourth-order valence-electron chi connectivity index (χ4n) is 2.37. The third kappa shape index (κ3) is 4.71. The molecule has 12 heteroatoms. The summed E-state index contributed by atoms with van der Waals surface area (Å²) in [6.45, 7) is 1.73. The van der Waals surface area contributed by atoms with Gasteiger partial charge >= 0.3 is 6.18 Å². The molecule has 0 fully saturated rings. The van der Waals surface area contributed by atoms with Crippen LogP contribution in [0, 0.1) is 6.92 Å². The van der Waals surface area contributed by atoms with Crippen molar-refractivity contribution in [3.8, 4) is 0 Å². The zero-order chi connectivity index (χ0) is 21.2. The molecule has 0 unspecified atom stereocenters. The van der Waals surface area contributed by atoms with Gasteiger partial charge in [-0.3, -0.25) is 14.8 Å². The maximum atomic E-state index is 13.1. The highest BCUT2D eigenvalue weighted by Gasteiger charge is 2.34. The molecule has 3 rings (SSSR count). The van der Waals surface area contributed by atoms with Crippen molar-refractivity contribution >= 4 is 38.1 Å².